The third kappa shape index (κ3) is 5.44. The summed E-state index contributed by atoms with van der Waals surface area (Å²) in [6, 6.07) is 15.4. The van der Waals surface area contributed by atoms with Gasteiger partial charge >= 0.3 is 0 Å². The van der Waals surface area contributed by atoms with Gasteiger partial charge in [0.1, 0.15) is 5.82 Å². The van der Waals surface area contributed by atoms with E-state index in [-0.39, 0.29) is 11.8 Å². The van der Waals surface area contributed by atoms with E-state index in [2.05, 4.69) is 25.3 Å². The van der Waals surface area contributed by atoms with Gasteiger partial charge in [0.15, 0.2) is 0 Å². The molecular formula is C26H27ClN6O2. The number of aryl methyl sites for hydroxylation is 1. The minimum atomic E-state index is -0.0822. The lowest BCUT2D eigenvalue weighted by atomic mass is 9.97. The molecule has 180 valence electrons. The maximum Gasteiger partial charge on any atom is 0.241 e. The number of benzene rings is 2. The molecule has 5 rings (SSSR count). The first-order chi connectivity index (χ1) is 17.1. The maximum absolute atomic E-state index is 13.0. The maximum atomic E-state index is 13.0. The predicted molar refractivity (Wildman–Crippen MR) is 133 cm³/mol. The van der Waals surface area contributed by atoms with Crippen LogP contribution >= 0.6 is 11.6 Å². The molecule has 4 aromatic rings. The SMILES string of the molecule is Cc1nccn1-c1ccccc1CNC(=O)C1CCCN(Cc2nc(-c3cccc(Cl)c3)no2)C1. The first-order valence-electron chi connectivity index (χ1n) is 11.7. The number of nitrogens with zero attached hydrogens (tertiary/aromatic N) is 5. The van der Waals surface area contributed by atoms with Crippen LogP contribution in [0.2, 0.25) is 5.02 Å². The fourth-order valence-corrected chi connectivity index (χ4v) is 4.71. The predicted octanol–water partition coefficient (Wildman–Crippen LogP) is 4.41. The number of para-hydroxylation sites is 1. The van der Waals surface area contributed by atoms with Gasteiger partial charge in [0.2, 0.25) is 17.6 Å². The summed E-state index contributed by atoms with van der Waals surface area (Å²) in [5.74, 6) is 1.94. The van der Waals surface area contributed by atoms with Gasteiger partial charge in [0.05, 0.1) is 18.2 Å². The minimum Gasteiger partial charge on any atom is -0.352 e. The number of amides is 1. The third-order valence-electron chi connectivity index (χ3n) is 6.32. The molecule has 1 aliphatic rings. The van der Waals surface area contributed by atoms with Crippen LogP contribution in [-0.4, -0.2) is 43.6 Å². The molecule has 1 saturated heterocycles. The highest BCUT2D eigenvalue weighted by Crippen LogP contribution is 2.23. The van der Waals surface area contributed by atoms with Gasteiger partial charge in [-0.15, -0.1) is 0 Å². The van der Waals surface area contributed by atoms with E-state index in [0.717, 1.165) is 42.0 Å². The lowest BCUT2D eigenvalue weighted by Crippen LogP contribution is -2.42. The van der Waals surface area contributed by atoms with E-state index in [1.165, 1.54) is 0 Å². The Balaban J connectivity index is 1.19. The quantitative estimate of drug-likeness (QED) is 0.412. The molecule has 9 heteroatoms. The highest BCUT2D eigenvalue weighted by molar-refractivity contribution is 6.30. The van der Waals surface area contributed by atoms with Crippen LogP contribution < -0.4 is 5.32 Å². The number of carbonyl (C=O) groups is 1. The van der Waals surface area contributed by atoms with E-state index in [0.29, 0.717) is 36.4 Å². The second-order valence-corrected chi connectivity index (χ2v) is 9.22. The first kappa shape index (κ1) is 23.3. The molecule has 3 heterocycles. The van der Waals surface area contributed by atoms with Crippen molar-refractivity contribution in [3.63, 3.8) is 0 Å². The van der Waals surface area contributed by atoms with Crippen LogP contribution in [0.4, 0.5) is 0 Å². The van der Waals surface area contributed by atoms with Crippen molar-refractivity contribution >= 4 is 17.5 Å². The Hall–Kier alpha value is -3.49. The number of aromatic nitrogens is 4. The molecule has 0 aliphatic carbocycles. The summed E-state index contributed by atoms with van der Waals surface area (Å²) in [5, 5.41) is 7.86. The summed E-state index contributed by atoms with van der Waals surface area (Å²) in [6.45, 7) is 4.49. The molecular weight excluding hydrogens is 464 g/mol. The number of likely N-dealkylation sites (tertiary alicyclic amines) is 1. The monoisotopic (exact) mass is 490 g/mol. The minimum absolute atomic E-state index is 0.0667. The van der Waals surface area contributed by atoms with Crippen molar-refractivity contribution in [1.29, 1.82) is 0 Å². The van der Waals surface area contributed by atoms with Crippen molar-refractivity contribution in [1.82, 2.24) is 29.9 Å². The molecule has 0 radical (unpaired) electrons. The van der Waals surface area contributed by atoms with E-state index >= 15 is 0 Å². The average Bonchev–Trinajstić information content (AvgIpc) is 3.52. The number of piperidine rings is 1. The van der Waals surface area contributed by atoms with Gasteiger partial charge in [-0.2, -0.15) is 4.98 Å². The number of halogens is 1. The van der Waals surface area contributed by atoms with E-state index in [1.54, 1.807) is 6.20 Å². The fraction of sp³-hybridized carbons (Fsp3) is 0.308. The molecule has 1 atom stereocenters. The molecule has 0 spiro atoms. The van der Waals surface area contributed by atoms with E-state index in [4.69, 9.17) is 16.1 Å². The Morgan fingerprint density at radius 1 is 1.23 bits per heavy atom. The van der Waals surface area contributed by atoms with Gasteiger partial charge in [-0.25, -0.2) is 4.98 Å². The van der Waals surface area contributed by atoms with Crippen molar-refractivity contribution in [3.05, 3.63) is 83.2 Å². The highest BCUT2D eigenvalue weighted by atomic mass is 35.5. The first-order valence-corrected chi connectivity index (χ1v) is 12.1. The third-order valence-corrected chi connectivity index (χ3v) is 6.55. The number of hydrogen-bond donors (Lipinski definition) is 1. The zero-order valence-corrected chi connectivity index (χ0v) is 20.3. The summed E-state index contributed by atoms with van der Waals surface area (Å²) in [6.07, 6.45) is 5.52. The van der Waals surface area contributed by atoms with Crippen molar-refractivity contribution in [2.75, 3.05) is 13.1 Å². The molecule has 1 amide bonds. The smallest absolute Gasteiger partial charge is 0.241 e. The topological polar surface area (TPSA) is 89.1 Å². The zero-order valence-electron chi connectivity index (χ0n) is 19.5. The van der Waals surface area contributed by atoms with E-state index < -0.39 is 0 Å². The van der Waals surface area contributed by atoms with E-state index in [9.17, 15) is 4.79 Å². The van der Waals surface area contributed by atoms with Crippen molar-refractivity contribution in [3.8, 4) is 17.1 Å². The Kier molecular flexibility index (Phi) is 6.92. The van der Waals surface area contributed by atoms with Crippen molar-refractivity contribution in [2.24, 2.45) is 5.92 Å². The van der Waals surface area contributed by atoms with Gasteiger partial charge in [-0.3, -0.25) is 9.69 Å². The van der Waals surface area contributed by atoms with Crippen LogP contribution in [0, 0.1) is 12.8 Å². The molecule has 8 nitrogen and oxygen atoms in total. The van der Waals surface area contributed by atoms with Crippen LogP contribution in [0.25, 0.3) is 17.1 Å². The molecule has 1 N–H and O–H groups in total. The summed E-state index contributed by atoms with van der Waals surface area (Å²) < 4.78 is 7.50. The summed E-state index contributed by atoms with van der Waals surface area (Å²) in [7, 11) is 0. The summed E-state index contributed by atoms with van der Waals surface area (Å²) >= 11 is 6.07. The van der Waals surface area contributed by atoms with Crippen LogP contribution in [-0.2, 0) is 17.9 Å². The molecule has 1 fully saturated rings. The molecule has 0 bridgehead atoms. The number of nitrogens with one attached hydrogen (secondary N) is 1. The van der Waals surface area contributed by atoms with Gasteiger partial charge in [-0.1, -0.05) is 47.1 Å². The number of imidazole rings is 1. The second-order valence-electron chi connectivity index (χ2n) is 8.79. The number of hydrogen-bond acceptors (Lipinski definition) is 6. The standard InChI is InChI=1S/C26H27ClN6O2/c1-18-28-11-13-33(18)23-10-3-2-6-20(23)15-29-26(34)21-8-5-12-32(16-21)17-24-30-25(31-35-24)19-7-4-9-22(27)14-19/h2-4,6-7,9-11,13-14,21H,5,8,12,15-17H2,1H3,(H,29,34). The normalized spacial score (nSPS) is 16.3. The second kappa shape index (κ2) is 10.4. The lowest BCUT2D eigenvalue weighted by molar-refractivity contribution is -0.127. The van der Waals surface area contributed by atoms with Crippen LogP contribution in [0.15, 0.2) is 65.4 Å². The summed E-state index contributed by atoms with van der Waals surface area (Å²) in [4.78, 5) is 24.1. The lowest BCUT2D eigenvalue weighted by Gasteiger charge is -2.31. The number of carbonyl (C=O) groups excluding carboxylic acids is 1. The largest absolute Gasteiger partial charge is 0.352 e. The van der Waals surface area contributed by atoms with Gasteiger partial charge < -0.3 is 14.4 Å². The Morgan fingerprint density at radius 3 is 2.94 bits per heavy atom. The van der Waals surface area contributed by atoms with Gasteiger partial charge in [-0.05, 0) is 50.1 Å². The molecule has 2 aromatic carbocycles. The van der Waals surface area contributed by atoms with Crippen LogP contribution in [0.1, 0.15) is 30.1 Å². The molecule has 2 aromatic heterocycles. The Labute approximate surface area is 208 Å². The van der Waals surface area contributed by atoms with Gasteiger partial charge in [0.25, 0.3) is 0 Å². The Bertz CT molecular complexity index is 1320. The molecule has 1 unspecified atom stereocenters. The average molecular weight is 491 g/mol. The molecule has 35 heavy (non-hydrogen) atoms. The summed E-state index contributed by atoms with van der Waals surface area (Å²) in [5.41, 5.74) is 2.89. The van der Waals surface area contributed by atoms with Gasteiger partial charge in [0, 0.05) is 36.1 Å². The molecule has 1 aliphatic heterocycles. The highest BCUT2D eigenvalue weighted by Gasteiger charge is 2.27. The van der Waals surface area contributed by atoms with Crippen LogP contribution in [0.3, 0.4) is 0 Å². The molecule has 0 saturated carbocycles. The van der Waals surface area contributed by atoms with Crippen molar-refractivity contribution < 1.29 is 9.32 Å². The zero-order chi connectivity index (χ0) is 24.2. The van der Waals surface area contributed by atoms with Crippen LogP contribution in [0.5, 0.6) is 0 Å². The number of rotatable bonds is 7. The fourth-order valence-electron chi connectivity index (χ4n) is 4.52. The van der Waals surface area contributed by atoms with E-state index in [1.807, 2.05) is 66.2 Å². The van der Waals surface area contributed by atoms with Crippen molar-refractivity contribution in [2.45, 2.75) is 32.9 Å². The Morgan fingerprint density at radius 2 is 2.11 bits per heavy atom.